The van der Waals surface area contributed by atoms with Crippen LogP contribution in [0.3, 0.4) is 0 Å². The first kappa shape index (κ1) is 39.9. The standard InChI is InChI=1S/C39H70O3Si/c1-36(42-43(5,6)39(2,3)4)29-25-22-20-18-16-14-12-10-8-7-9-11-13-15-17-19-21-23-28-32-38(40)33-34-41-35-37-30-26-24-27-31-37/h24,26-27,30-31,36,38,40H,7-19,21,23,25,28-29,32-35H2,1-6H3/t36-,38-/m1/s1. The summed E-state index contributed by atoms with van der Waals surface area (Å²) in [5.74, 6) is 6.77. The number of hydrogen-bond acceptors (Lipinski definition) is 3. The van der Waals surface area contributed by atoms with Crippen LogP contribution in [0.25, 0.3) is 0 Å². The van der Waals surface area contributed by atoms with Crippen LogP contribution in [0.5, 0.6) is 0 Å². The van der Waals surface area contributed by atoms with Gasteiger partial charge in [0.2, 0.25) is 0 Å². The van der Waals surface area contributed by atoms with Gasteiger partial charge in [0, 0.05) is 25.6 Å². The van der Waals surface area contributed by atoms with Gasteiger partial charge < -0.3 is 14.3 Å². The Hall–Kier alpha value is -1.12. The summed E-state index contributed by atoms with van der Waals surface area (Å²) in [6.07, 6.45) is 25.1. The topological polar surface area (TPSA) is 38.7 Å². The lowest BCUT2D eigenvalue weighted by Crippen LogP contribution is -2.43. The van der Waals surface area contributed by atoms with Crippen LogP contribution < -0.4 is 0 Å². The molecule has 0 aliphatic carbocycles. The maximum Gasteiger partial charge on any atom is 0.192 e. The fourth-order valence-electron chi connectivity index (χ4n) is 5.21. The zero-order valence-electron chi connectivity index (χ0n) is 29.4. The Bertz CT molecular complexity index is 820. The predicted octanol–water partition coefficient (Wildman–Crippen LogP) is 11.8. The normalized spacial score (nSPS) is 13.5. The van der Waals surface area contributed by atoms with Crippen LogP contribution in [0.4, 0.5) is 0 Å². The van der Waals surface area contributed by atoms with Gasteiger partial charge in [-0.3, -0.25) is 0 Å². The Morgan fingerprint density at radius 2 is 1.16 bits per heavy atom. The molecule has 1 aromatic rings. The SMILES string of the molecule is C[C@H](CCC#CCCCCCCCCCCCCCCCCC[C@@H](O)CCOCc1ccccc1)O[Si](C)(C)C(C)(C)C. The lowest BCUT2D eigenvalue weighted by Gasteiger charge is -2.38. The first-order chi connectivity index (χ1) is 20.6. The summed E-state index contributed by atoms with van der Waals surface area (Å²) in [5.41, 5.74) is 1.19. The average molecular weight is 615 g/mol. The Morgan fingerprint density at radius 1 is 0.674 bits per heavy atom. The van der Waals surface area contributed by atoms with E-state index in [1.807, 2.05) is 18.2 Å². The predicted molar refractivity (Wildman–Crippen MR) is 190 cm³/mol. The molecule has 0 spiro atoms. The minimum Gasteiger partial charge on any atom is -0.414 e. The smallest absolute Gasteiger partial charge is 0.192 e. The molecule has 0 unspecified atom stereocenters. The van der Waals surface area contributed by atoms with Crippen molar-refractivity contribution in [2.24, 2.45) is 0 Å². The molecule has 0 aliphatic heterocycles. The summed E-state index contributed by atoms with van der Waals surface area (Å²) in [7, 11) is -1.65. The van der Waals surface area contributed by atoms with Gasteiger partial charge in [-0.15, -0.1) is 11.8 Å². The second-order valence-corrected chi connectivity index (χ2v) is 19.2. The fourth-order valence-corrected chi connectivity index (χ4v) is 6.69. The van der Waals surface area contributed by atoms with Gasteiger partial charge in [0.15, 0.2) is 8.32 Å². The maximum atomic E-state index is 10.2. The van der Waals surface area contributed by atoms with E-state index < -0.39 is 8.32 Å². The number of benzene rings is 1. The number of aliphatic hydroxyl groups is 1. The van der Waals surface area contributed by atoms with Crippen LogP contribution >= 0.6 is 0 Å². The number of aliphatic hydroxyl groups excluding tert-OH is 1. The third-order valence-corrected chi connectivity index (χ3v) is 13.8. The summed E-state index contributed by atoms with van der Waals surface area (Å²) in [6.45, 7) is 15.1. The van der Waals surface area contributed by atoms with Crippen LogP contribution in [-0.4, -0.2) is 32.2 Å². The molecular weight excluding hydrogens is 545 g/mol. The molecule has 0 saturated carbocycles. The number of hydrogen-bond donors (Lipinski definition) is 1. The van der Waals surface area contributed by atoms with E-state index in [0.717, 1.165) is 38.5 Å². The zero-order chi connectivity index (χ0) is 31.7. The van der Waals surface area contributed by atoms with Crippen LogP contribution in [0.15, 0.2) is 30.3 Å². The number of rotatable bonds is 26. The summed E-state index contributed by atoms with van der Waals surface area (Å²) >= 11 is 0. The molecule has 1 rings (SSSR count). The highest BCUT2D eigenvalue weighted by molar-refractivity contribution is 6.74. The first-order valence-corrected chi connectivity index (χ1v) is 21.0. The van der Waals surface area contributed by atoms with Crippen molar-refractivity contribution in [3.8, 4) is 11.8 Å². The second-order valence-electron chi connectivity index (χ2n) is 14.4. The van der Waals surface area contributed by atoms with E-state index in [9.17, 15) is 5.11 Å². The lowest BCUT2D eigenvalue weighted by atomic mass is 10.0. The Morgan fingerprint density at radius 3 is 1.70 bits per heavy atom. The third kappa shape index (κ3) is 23.0. The quantitative estimate of drug-likeness (QED) is 0.0641. The largest absolute Gasteiger partial charge is 0.414 e. The molecule has 1 N–H and O–H groups in total. The monoisotopic (exact) mass is 615 g/mol. The summed E-state index contributed by atoms with van der Waals surface area (Å²) < 4.78 is 12.1. The molecule has 0 heterocycles. The Balaban J connectivity index is 1.78. The molecule has 43 heavy (non-hydrogen) atoms. The van der Waals surface area contributed by atoms with Crippen molar-refractivity contribution in [2.45, 2.75) is 193 Å². The first-order valence-electron chi connectivity index (χ1n) is 18.0. The van der Waals surface area contributed by atoms with Crippen LogP contribution in [0.1, 0.15) is 162 Å². The van der Waals surface area contributed by atoms with Gasteiger partial charge in [0.05, 0.1) is 12.7 Å². The minimum absolute atomic E-state index is 0.215. The number of unbranched alkanes of at least 4 members (excludes halogenated alkanes) is 15. The molecule has 4 heteroatoms. The molecule has 0 radical (unpaired) electrons. The Labute approximate surface area is 269 Å². The van der Waals surface area contributed by atoms with Gasteiger partial charge in [0.25, 0.3) is 0 Å². The van der Waals surface area contributed by atoms with Crippen molar-refractivity contribution < 1.29 is 14.3 Å². The van der Waals surface area contributed by atoms with Gasteiger partial charge in [-0.2, -0.15) is 0 Å². The Kier molecular flexibility index (Phi) is 23.3. The zero-order valence-corrected chi connectivity index (χ0v) is 30.4. The van der Waals surface area contributed by atoms with E-state index in [2.05, 4.69) is 64.8 Å². The van der Waals surface area contributed by atoms with Gasteiger partial charge in [-0.1, -0.05) is 141 Å². The van der Waals surface area contributed by atoms with Crippen molar-refractivity contribution in [3.63, 3.8) is 0 Å². The highest BCUT2D eigenvalue weighted by Crippen LogP contribution is 2.37. The second kappa shape index (κ2) is 25.1. The van der Waals surface area contributed by atoms with Crippen molar-refractivity contribution in [1.29, 1.82) is 0 Å². The van der Waals surface area contributed by atoms with Gasteiger partial charge in [-0.05, 0) is 56.3 Å². The number of ether oxygens (including phenoxy) is 1. The van der Waals surface area contributed by atoms with E-state index in [1.54, 1.807) is 0 Å². The van der Waals surface area contributed by atoms with Crippen LogP contribution in [0.2, 0.25) is 18.1 Å². The molecule has 0 aromatic heterocycles. The van der Waals surface area contributed by atoms with Crippen molar-refractivity contribution in [2.75, 3.05) is 6.61 Å². The molecule has 0 bridgehead atoms. The molecule has 0 saturated heterocycles. The highest BCUT2D eigenvalue weighted by Gasteiger charge is 2.38. The molecule has 0 aliphatic rings. The van der Waals surface area contributed by atoms with E-state index in [1.165, 1.54) is 95.5 Å². The third-order valence-electron chi connectivity index (χ3n) is 9.15. The van der Waals surface area contributed by atoms with Crippen molar-refractivity contribution in [1.82, 2.24) is 0 Å². The van der Waals surface area contributed by atoms with Crippen LogP contribution in [-0.2, 0) is 15.8 Å². The summed E-state index contributed by atoms with van der Waals surface area (Å²) in [5, 5.41) is 10.4. The van der Waals surface area contributed by atoms with Gasteiger partial charge in [-0.25, -0.2) is 0 Å². The minimum atomic E-state index is -1.65. The summed E-state index contributed by atoms with van der Waals surface area (Å²) in [6, 6.07) is 10.2. The van der Waals surface area contributed by atoms with E-state index >= 15 is 0 Å². The average Bonchev–Trinajstić information content (AvgIpc) is 2.96. The maximum absolute atomic E-state index is 10.2. The van der Waals surface area contributed by atoms with Crippen molar-refractivity contribution >= 4 is 8.32 Å². The molecular formula is C39H70O3Si. The molecule has 0 amide bonds. The van der Waals surface area contributed by atoms with Crippen LogP contribution in [0, 0.1) is 11.8 Å². The van der Waals surface area contributed by atoms with E-state index in [-0.39, 0.29) is 11.1 Å². The van der Waals surface area contributed by atoms with Crippen molar-refractivity contribution in [3.05, 3.63) is 35.9 Å². The molecule has 0 fully saturated rings. The molecule has 248 valence electrons. The summed E-state index contributed by atoms with van der Waals surface area (Å²) in [4.78, 5) is 0. The van der Waals surface area contributed by atoms with Gasteiger partial charge in [0.1, 0.15) is 0 Å². The lowest BCUT2D eigenvalue weighted by molar-refractivity contribution is 0.0689. The van der Waals surface area contributed by atoms with E-state index in [4.69, 9.17) is 9.16 Å². The highest BCUT2D eigenvalue weighted by atomic mass is 28.4. The molecule has 3 nitrogen and oxygen atoms in total. The fraction of sp³-hybridized carbons (Fsp3) is 0.795. The van der Waals surface area contributed by atoms with Gasteiger partial charge >= 0.3 is 0 Å². The van der Waals surface area contributed by atoms with E-state index in [0.29, 0.717) is 19.3 Å². The molecule has 2 atom stereocenters. The molecule has 1 aromatic carbocycles.